The number of hydrogen-bond acceptors (Lipinski definition) is 6. The van der Waals surface area contributed by atoms with Crippen LogP contribution in [0.3, 0.4) is 0 Å². The Morgan fingerprint density at radius 1 is 1.22 bits per heavy atom. The average Bonchev–Trinajstić information content (AvgIpc) is 2.69. The molecule has 1 fully saturated rings. The summed E-state index contributed by atoms with van der Waals surface area (Å²) < 4.78 is 5.06. The Kier molecular flexibility index (Phi) is 6.11. The van der Waals surface area contributed by atoms with Gasteiger partial charge in [0.15, 0.2) is 0 Å². The van der Waals surface area contributed by atoms with Gasteiger partial charge >= 0.3 is 6.09 Å². The van der Waals surface area contributed by atoms with Gasteiger partial charge in [0.25, 0.3) is 0 Å². The molecule has 7 heteroatoms. The Morgan fingerprint density at radius 2 is 1.93 bits per heavy atom. The molecule has 7 nitrogen and oxygen atoms in total. The fraction of sp³-hybridized carbons (Fsp3) is 0.450. The van der Waals surface area contributed by atoms with Gasteiger partial charge in [-0.15, -0.1) is 0 Å². The Balaban J connectivity index is 1.61. The minimum absolute atomic E-state index is 0.227. The molecule has 1 saturated heterocycles. The molecule has 0 bridgehead atoms. The van der Waals surface area contributed by atoms with E-state index in [9.17, 15) is 4.79 Å². The third-order valence-electron chi connectivity index (χ3n) is 4.69. The van der Waals surface area contributed by atoms with Crippen molar-refractivity contribution in [2.24, 2.45) is 0 Å². The minimum atomic E-state index is -0.227. The number of likely N-dealkylation sites (tertiary alicyclic amines) is 1. The van der Waals surface area contributed by atoms with Crippen LogP contribution in [0.25, 0.3) is 11.3 Å². The van der Waals surface area contributed by atoms with Gasteiger partial charge in [0.1, 0.15) is 0 Å². The molecule has 0 aliphatic carbocycles. The Labute approximate surface area is 160 Å². The lowest BCUT2D eigenvalue weighted by molar-refractivity contribution is 0.0983. The average molecular weight is 369 g/mol. The molecule has 27 heavy (non-hydrogen) atoms. The highest BCUT2D eigenvalue weighted by atomic mass is 16.6. The van der Waals surface area contributed by atoms with Crippen molar-refractivity contribution in [2.75, 3.05) is 44.0 Å². The lowest BCUT2D eigenvalue weighted by Crippen LogP contribution is -2.42. The molecule has 0 spiro atoms. The number of ether oxygens (including phenoxy) is 1. The lowest BCUT2D eigenvalue weighted by atomic mass is 10.1. The second-order valence-corrected chi connectivity index (χ2v) is 6.81. The molecule has 2 aromatic rings. The van der Waals surface area contributed by atoms with E-state index in [1.165, 1.54) is 0 Å². The van der Waals surface area contributed by atoms with Gasteiger partial charge in [0, 0.05) is 50.7 Å². The van der Waals surface area contributed by atoms with Gasteiger partial charge in [-0.2, -0.15) is 0 Å². The van der Waals surface area contributed by atoms with Gasteiger partial charge < -0.3 is 19.9 Å². The van der Waals surface area contributed by atoms with E-state index >= 15 is 0 Å². The molecule has 0 radical (unpaired) electrons. The highest BCUT2D eigenvalue weighted by Gasteiger charge is 2.23. The summed E-state index contributed by atoms with van der Waals surface area (Å²) in [7, 11) is 4.05. The zero-order valence-corrected chi connectivity index (χ0v) is 16.2. The van der Waals surface area contributed by atoms with Gasteiger partial charge in [-0.3, -0.25) is 0 Å². The minimum Gasteiger partial charge on any atom is -0.450 e. The lowest BCUT2D eigenvalue weighted by Gasteiger charge is -2.31. The maximum atomic E-state index is 11.8. The molecule has 0 unspecified atom stereocenters. The number of nitrogens with one attached hydrogen (secondary N) is 1. The second kappa shape index (κ2) is 8.70. The number of amides is 1. The number of carbonyl (C=O) groups excluding carboxylic acids is 1. The summed E-state index contributed by atoms with van der Waals surface area (Å²) in [6.07, 6.45) is 3.25. The van der Waals surface area contributed by atoms with Crippen LogP contribution in [-0.4, -0.2) is 60.8 Å². The molecule has 1 N–H and O–H groups in total. The molecule has 1 aliphatic heterocycles. The van der Waals surface area contributed by atoms with E-state index in [1.54, 1.807) is 11.1 Å². The van der Waals surface area contributed by atoms with Crippen molar-refractivity contribution < 1.29 is 9.53 Å². The third-order valence-corrected chi connectivity index (χ3v) is 4.69. The Bertz CT molecular complexity index is 755. The van der Waals surface area contributed by atoms with E-state index < -0.39 is 0 Å². The van der Waals surface area contributed by atoms with Crippen molar-refractivity contribution in [1.82, 2.24) is 14.9 Å². The van der Waals surface area contributed by atoms with Gasteiger partial charge in [-0.25, -0.2) is 14.8 Å². The van der Waals surface area contributed by atoms with Crippen molar-refractivity contribution in [3.63, 3.8) is 0 Å². The van der Waals surface area contributed by atoms with Crippen LogP contribution in [0, 0.1) is 0 Å². The van der Waals surface area contributed by atoms with Crippen LogP contribution in [0.4, 0.5) is 16.4 Å². The first-order valence-electron chi connectivity index (χ1n) is 9.36. The molecule has 1 aromatic carbocycles. The monoisotopic (exact) mass is 369 g/mol. The Morgan fingerprint density at radius 3 is 2.56 bits per heavy atom. The molecule has 1 aromatic heterocycles. The fourth-order valence-electron chi connectivity index (χ4n) is 3.12. The van der Waals surface area contributed by atoms with E-state index in [2.05, 4.69) is 44.5 Å². The number of aromatic nitrogens is 2. The SMILES string of the molecule is CCOC(=O)N1CCC(Nc2nccc(-c3ccc(N(C)C)cc3)n2)CC1. The normalized spacial score (nSPS) is 14.7. The van der Waals surface area contributed by atoms with Crippen LogP contribution in [0.2, 0.25) is 0 Å². The summed E-state index contributed by atoms with van der Waals surface area (Å²) >= 11 is 0. The van der Waals surface area contributed by atoms with E-state index in [-0.39, 0.29) is 12.1 Å². The van der Waals surface area contributed by atoms with Crippen LogP contribution in [0.5, 0.6) is 0 Å². The molecule has 0 atom stereocenters. The smallest absolute Gasteiger partial charge is 0.409 e. The zero-order chi connectivity index (χ0) is 19.2. The molecule has 3 rings (SSSR count). The van der Waals surface area contributed by atoms with Gasteiger partial charge in [0.2, 0.25) is 5.95 Å². The predicted molar refractivity (Wildman–Crippen MR) is 107 cm³/mol. The number of nitrogens with zero attached hydrogens (tertiary/aromatic N) is 4. The number of piperidine rings is 1. The first-order valence-corrected chi connectivity index (χ1v) is 9.36. The fourth-order valence-corrected chi connectivity index (χ4v) is 3.12. The predicted octanol–water partition coefficient (Wildman–Crippen LogP) is 3.24. The maximum absolute atomic E-state index is 11.8. The van der Waals surface area contributed by atoms with Crippen molar-refractivity contribution in [2.45, 2.75) is 25.8 Å². The van der Waals surface area contributed by atoms with Crippen LogP contribution in [-0.2, 0) is 4.74 Å². The molecular weight excluding hydrogens is 342 g/mol. The highest BCUT2D eigenvalue weighted by Crippen LogP contribution is 2.22. The zero-order valence-electron chi connectivity index (χ0n) is 16.2. The molecular formula is C20H27N5O2. The highest BCUT2D eigenvalue weighted by molar-refractivity contribution is 5.67. The summed E-state index contributed by atoms with van der Waals surface area (Å²) in [4.78, 5) is 24.6. The van der Waals surface area contributed by atoms with Crippen molar-refractivity contribution in [3.05, 3.63) is 36.5 Å². The van der Waals surface area contributed by atoms with E-state index in [1.807, 2.05) is 27.1 Å². The Hall–Kier alpha value is -2.83. The number of rotatable bonds is 5. The van der Waals surface area contributed by atoms with Crippen LogP contribution in [0.15, 0.2) is 36.5 Å². The third kappa shape index (κ3) is 4.87. The van der Waals surface area contributed by atoms with Gasteiger partial charge in [-0.1, -0.05) is 12.1 Å². The molecule has 1 aliphatic rings. The molecule has 0 saturated carbocycles. The summed E-state index contributed by atoms with van der Waals surface area (Å²) in [5, 5.41) is 3.40. The van der Waals surface area contributed by atoms with Gasteiger partial charge in [-0.05, 0) is 38.0 Å². The number of carbonyl (C=O) groups is 1. The van der Waals surface area contributed by atoms with E-state index in [0.717, 1.165) is 29.8 Å². The van der Waals surface area contributed by atoms with Crippen LogP contribution >= 0.6 is 0 Å². The van der Waals surface area contributed by atoms with Gasteiger partial charge in [0.05, 0.1) is 12.3 Å². The number of anilines is 2. The van der Waals surface area contributed by atoms with Crippen LogP contribution in [0.1, 0.15) is 19.8 Å². The number of benzene rings is 1. The maximum Gasteiger partial charge on any atom is 0.409 e. The van der Waals surface area contributed by atoms with E-state index in [4.69, 9.17) is 4.74 Å². The number of hydrogen-bond donors (Lipinski definition) is 1. The van der Waals surface area contributed by atoms with Crippen molar-refractivity contribution in [1.29, 1.82) is 0 Å². The largest absolute Gasteiger partial charge is 0.450 e. The van der Waals surface area contributed by atoms with Crippen LogP contribution < -0.4 is 10.2 Å². The molecule has 144 valence electrons. The van der Waals surface area contributed by atoms with Crippen molar-refractivity contribution >= 4 is 17.7 Å². The molecule has 1 amide bonds. The summed E-state index contributed by atoms with van der Waals surface area (Å²) in [5.74, 6) is 0.624. The summed E-state index contributed by atoms with van der Waals surface area (Å²) in [6, 6.07) is 10.5. The first-order chi connectivity index (χ1) is 13.1. The second-order valence-electron chi connectivity index (χ2n) is 6.81. The summed E-state index contributed by atoms with van der Waals surface area (Å²) in [5.41, 5.74) is 3.10. The van der Waals surface area contributed by atoms with E-state index in [0.29, 0.717) is 25.6 Å². The quantitative estimate of drug-likeness (QED) is 0.872. The summed E-state index contributed by atoms with van der Waals surface area (Å²) in [6.45, 7) is 3.60. The van der Waals surface area contributed by atoms with Crippen molar-refractivity contribution in [3.8, 4) is 11.3 Å². The first kappa shape index (κ1) is 18.9. The molecule has 2 heterocycles. The topological polar surface area (TPSA) is 70.6 Å². The standard InChI is InChI=1S/C20H27N5O2/c1-4-27-20(26)25-13-10-16(11-14-25)22-19-21-12-9-18(23-19)15-5-7-17(8-6-15)24(2)3/h5-9,12,16H,4,10-11,13-14H2,1-3H3,(H,21,22,23).